The van der Waals surface area contributed by atoms with Gasteiger partial charge in [0, 0.05) is 6.42 Å². The fourth-order valence-corrected chi connectivity index (χ4v) is 3.20. The summed E-state index contributed by atoms with van der Waals surface area (Å²) in [7, 11) is 0. The number of nitrogens with one attached hydrogen (secondary N) is 2. The highest BCUT2D eigenvalue weighted by molar-refractivity contribution is 5.99. The second-order valence-corrected chi connectivity index (χ2v) is 7.75. The van der Waals surface area contributed by atoms with Crippen LogP contribution in [0.1, 0.15) is 28.8 Å². The number of para-hydroxylation sites is 1. The van der Waals surface area contributed by atoms with Gasteiger partial charge >= 0.3 is 0 Å². The molecule has 2 N–H and O–H groups in total. The van der Waals surface area contributed by atoms with Crippen LogP contribution in [0.5, 0.6) is 11.5 Å². The minimum Gasteiger partial charge on any atom is -0.490 e. The zero-order valence-electron chi connectivity index (χ0n) is 18.4. The standard InChI is InChI=1S/C26H27N3O4/c1-3-15-32-20-11-9-19(10-12-20)17-22(25(31)29-26(18-27)13-14-26)28-24(30)21-7-5-6-8-23(21)33-16-4-2/h3-12,22H,1-2,13-17H2,(H,28,30)(H,29,31). The van der Waals surface area contributed by atoms with Crippen LogP contribution in [-0.4, -0.2) is 36.6 Å². The Morgan fingerprint density at radius 2 is 1.73 bits per heavy atom. The fourth-order valence-electron chi connectivity index (χ4n) is 3.20. The Morgan fingerprint density at radius 3 is 2.36 bits per heavy atom. The SMILES string of the molecule is C=CCOc1ccc(CC(NC(=O)c2ccccc2OCC=C)C(=O)NC2(C#N)CC2)cc1. The molecule has 1 aliphatic rings. The molecule has 3 rings (SSSR count). The zero-order valence-corrected chi connectivity index (χ0v) is 18.4. The summed E-state index contributed by atoms with van der Waals surface area (Å²) in [5.41, 5.74) is 0.305. The first-order valence-corrected chi connectivity index (χ1v) is 10.7. The molecule has 1 unspecified atom stereocenters. The van der Waals surface area contributed by atoms with Gasteiger partial charge in [0.05, 0.1) is 11.6 Å². The molecular weight excluding hydrogens is 418 g/mol. The number of carbonyl (C=O) groups is 2. The topological polar surface area (TPSA) is 100 Å². The van der Waals surface area contributed by atoms with Crippen LogP contribution in [0, 0.1) is 11.3 Å². The van der Waals surface area contributed by atoms with E-state index in [1.165, 1.54) is 0 Å². The minimum atomic E-state index is -0.879. The third-order valence-corrected chi connectivity index (χ3v) is 5.17. The summed E-state index contributed by atoms with van der Waals surface area (Å²) in [5, 5.41) is 15.0. The number of rotatable bonds is 12. The summed E-state index contributed by atoms with van der Waals surface area (Å²) < 4.78 is 11.1. The minimum absolute atomic E-state index is 0.247. The summed E-state index contributed by atoms with van der Waals surface area (Å²) >= 11 is 0. The lowest BCUT2D eigenvalue weighted by Crippen LogP contribution is -2.51. The lowest BCUT2D eigenvalue weighted by molar-refractivity contribution is -0.123. The average Bonchev–Trinajstić information content (AvgIpc) is 3.61. The summed E-state index contributed by atoms with van der Waals surface area (Å²) in [4.78, 5) is 26.1. The Balaban J connectivity index is 1.78. The summed E-state index contributed by atoms with van der Waals surface area (Å²) in [6.07, 6.45) is 4.69. The summed E-state index contributed by atoms with van der Waals surface area (Å²) in [6.45, 7) is 7.88. The number of amides is 2. The first kappa shape index (κ1) is 23.6. The van der Waals surface area contributed by atoms with Crippen molar-refractivity contribution in [1.82, 2.24) is 10.6 Å². The van der Waals surface area contributed by atoms with Crippen molar-refractivity contribution in [3.8, 4) is 17.6 Å². The van der Waals surface area contributed by atoms with Gasteiger partial charge in [0.1, 0.15) is 36.3 Å². The number of nitriles is 1. The number of benzene rings is 2. The second kappa shape index (κ2) is 11.0. The van der Waals surface area contributed by atoms with E-state index in [4.69, 9.17) is 9.47 Å². The maximum atomic E-state index is 13.1. The van der Waals surface area contributed by atoms with E-state index in [2.05, 4.69) is 29.9 Å². The molecule has 0 aliphatic heterocycles. The van der Waals surface area contributed by atoms with Crippen molar-refractivity contribution in [3.63, 3.8) is 0 Å². The summed E-state index contributed by atoms with van der Waals surface area (Å²) in [5.74, 6) is 0.230. The molecule has 0 spiro atoms. The lowest BCUT2D eigenvalue weighted by Gasteiger charge is -2.21. The van der Waals surface area contributed by atoms with Crippen molar-refractivity contribution < 1.29 is 19.1 Å². The average molecular weight is 446 g/mol. The Labute approximate surface area is 193 Å². The summed E-state index contributed by atoms with van der Waals surface area (Å²) in [6, 6.07) is 15.3. The van der Waals surface area contributed by atoms with Gasteiger partial charge < -0.3 is 20.1 Å². The molecule has 1 atom stereocenters. The van der Waals surface area contributed by atoms with Gasteiger partial charge in [-0.2, -0.15) is 5.26 Å². The van der Waals surface area contributed by atoms with Gasteiger partial charge in [0.2, 0.25) is 5.91 Å². The molecule has 0 heterocycles. The molecule has 1 aliphatic carbocycles. The van der Waals surface area contributed by atoms with Crippen LogP contribution in [-0.2, 0) is 11.2 Å². The Kier molecular flexibility index (Phi) is 7.87. The van der Waals surface area contributed by atoms with Gasteiger partial charge in [-0.05, 0) is 42.7 Å². The molecule has 1 fully saturated rings. The number of carbonyl (C=O) groups excluding carboxylic acids is 2. The Bertz CT molecular complexity index is 1050. The van der Waals surface area contributed by atoms with E-state index in [1.807, 2.05) is 12.1 Å². The van der Waals surface area contributed by atoms with Crippen LogP contribution in [0.4, 0.5) is 0 Å². The van der Waals surface area contributed by atoms with Gasteiger partial charge in [-0.15, -0.1) is 0 Å². The fraction of sp³-hybridized carbons (Fsp3) is 0.269. The highest BCUT2D eigenvalue weighted by Crippen LogP contribution is 2.34. The van der Waals surface area contributed by atoms with E-state index in [0.29, 0.717) is 36.5 Å². The first-order chi connectivity index (χ1) is 16.0. The van der Waals surface area contributed by atoms with Crippen molar-refractivity contribution in [2.24, 2.45) is 0 Å². The quantitative estimate of drug-likeness (QED) is 0.488. The third kappa shape index (κ3) is 6.47. The van der Waals surface area contributed by atoms with Crippen molar-refractivity contribution in [3.05, 3.63) is 85.0 Å². The van der Waals surface area contributed by atoms with Gasteiger partial charge in [-0.25, -0.2) is 0 Å². The van der Waals surface area contributed by atoms with Gasteiger partial charge in [-0.1, -0.05) is 49.6 Å². The van der Waals surface area contributed by atoms with Crippen LogP contribution in [0.3, 0.4) is 0 Å². The molecule has 1 saturated carbocycles. The zero-order chi connectivity index (χ0) is 23.7. The lowest BCUT2D eigenvalue weighted by atomic mass is 10.0. The molecule has 0 aromatic heterocycles. The molecule has 7 nitrogen and oxygen atoms in total. The van der Waals surface area contributed by atoms with Gasteiger partial charge in [0.15, 0.2) is 0 Å². The van der Waals surface area contributed by atoms with E-state index in [-0.39, 0.29) is 13.0 Å². The van der Waals surface area contributed by atoms with Crippen molar-refractivity contribution >= 4 is 11.8 Å². The smallest absolute Gasteiger partial charge is 0.255 e. The predicted octanol–water partition coefficient (Wildman–Crippen LogP) is 3.33. The molecule has 2 amide bonds. The van der Waals surface area contributed by atoms with E-state index in [9.17, 15) is 14.9 Å². The highest BCUT2D eigenvalue weighted by Gasteiger charge is 2.45. The monoisotopic (exact) mass is 445 g/mol. The molecule has 2 aromatic carbocycles. The normalized spacial score (nSPS) is 14.2. The van der Waals surface area contributed by atoms with Gasteiger partial charge in [0.25, 0.3) is 5.91 Å². The molecule has 170 valence electrons. The molecule has 2 aromatic rings. The van der Waals surface area contributed by atoms with E-state index in [0.717, 1.165) is 5.56 Å². The van der Waals surface area contributed by atoms with E-state index < -0.39 is 23.4 Å². The van der Waals surface area contributed by atoms with E-state index in [1.54, 1.807) is 48.6 Å². The number of nitrogens with zero attached hydrogens (tertiary/aromatic N) is 1. The van der Waals surface area contributed by atoms with Crippen molar-refractivity contribution in [2.45, 2.75) is 30.8 Å². The molecule has 0 bridgehead atoms. The van der Waals surface area contributed by atoms with Crippen LogP contribution in [0.15, 0.2) is 73.8 Å². The molecular formula is C26H27N3O4. The third-order valence-electron chi connectivity index (χ3n) is 5.17. The highest BCUT2D eigenvalue weighted by atomic mass is 16.5. The molecule has 7 heteroatoms. The van der Waals surface area contributed by atoms with Crippen LogP contribution in [0.2, 0.25) is 0 Å². The Hall–Kier alpha value is -4.05. The van der Waals surface area contributed by atoms with Crippen LogP contribution < -0.4 is 20.1 Å². The predicted molar refractivity (Wildman–Crippen MR) is 125 cm³/mol. The number of ether oxygens (including phenoxy) is 2. The number of hydrogen-bond donors (Lipinski definition) is 2. The second-order valence-electron chi connectivity index (χ2n) is 7.75. The maximum Gasteiger partial charge on any atom is 0.255 e. The maximum absolute atomic E-state index is 13.1. The number of hydrogen-bond acceptors (Lipinski definition) is 5. The van der Waals surface area contributed by atoms with Crippen molar-refractivity contribution in [2.75, 3.05) is 13.2 Å². The van der Waals surface area contributed by atoms with Crippen LogP contribution in [0.25, 0.3) is 0 Å². The van der Waals surface area contributed by atoms with Crippen LogP contribution >= 0.6 is 0 Å². The first-order valence-electron chi connectivity index (χ1n) is 10.7. The van der Waals surface area contributed by atoms with Gasteiger partial charge in [-0.3, -0.25) is 9.59 Å². The molecule has 33 heavy (non-hydrogen) atoms. The van der Waals surface area contributed by atoms with E-state index >= 15 is 0 Å². The van der Waals surface area contributed by atoms with Crippen molar-refractivity contribution in [1.29, 1.82) is 5.26 Å². The largest absolute Gasteiger partial charge is 0.490 e. The molecule has 0 radical (unpaired) electrons. The Morgan fingerprint density at radius 1 is 1.06 bits per heavy atom. The molecule has 0 saturated heterocycles.